The van der Waals surface area contributed by atoms with Crippen LogP contribution in [0.25, 0.3) is 0 Å². The van der Waals surface area contributed by atoms with Crippen LogP contribution in [0.1, 0.15) is 19.4 Å². The Hall–Kier alpha value is -1.77. The van der Waals surface area contributed by atoms with Gasteiger partial charge in [0.25, 0.3) is 5.91 Å². The van der Waals surface area contributed by atoms with E-state index >= 15 is 0 Å². The van der Waals surface area contributed by atoms with Crippen LogP contribution in [-0.2, 0) is 10.3 Å². The lowest BCUT2D eigenvalue weighted by molar-refractivity contribution is -0.131. The minimum atomic E-state index is -1.21. The second-order valence-electron chi connectivity index (χ2n) is 5.13. The molecular formula is C14H13Cl2N3O2. The van der Waals surface area contributed by atoms with Crippen LogP contribution in [0.2, 0.25) is 10.0 Å². The Morgan fingerprint density at radius 3 is 2.62 bits per heavy atom. The van der Waals surface area contributed by atoms with Crippen LogP contribution in [0.15, 0.2) is 18.2 Å². The van der Waals surface area contributed by atoms with Crippen molar-refractivity contribution in [1.82, 2.24) is 10.2 Å². The molecule has 110 valence electrons. The fraction of sp³-hybridized carbons (Fsp3) is 0.357. The monoisotopic (exact) mass is 325 g/mol. The molecule has 1 aliphatic heterocycles. The van der Waals surface area contributed by atoms with Crippen LogP contribution in [0, 0.1) is 17.2 Å². The summed E-state index contributed by atoms with van der Waals surface area (Å²) in [5.41, 5.74) is -0.664. The van der Waals surface area contributed by atoms with Crippen LogP contribution in [0.4, 0.5) is 4.79 Å². The molecule has 0 spiro atoms. The van der Waals surface area contributed by atoms with E-state index in [2.05, 4.69) is 5.32 Å². The third-order valence-corrected chi connectivity index (χ3v) is 4.19. The highest BCUT2D eigenvalue weighted by molar-refractivity contribution is 6.42. The van der Waals surface area contributed by atoms with Gasteiger partial charge in [0.15, 0.2) is 0 Å². The van der Waals surface area contributed by atoms with Crippen LogP contribution in [0.5, 0.6) is 0 Å². The van der Waals surface area contributed by atoms with Gasteiger partial charge in [-0.25, -0.2) is 4.79 Å². The molecule has 0 radical (unpaired) electrons. The van der Waals surface area contributed by atoms with Gasteiger partial charge >= 0.3 is 6.03 Å². The maximum absolute atomic E-state index is 12.5. The topological polar surface area (TPSA) is 73.2 Å². The Labute approximate surface area is 132 Å². The second-order valence-corrected chi connectivity index (χ2v) is 5.94. The predicted octanol–water partition coefficient (Wildman–Crippen LogP) is 2.92. The standard InChI is InChI=1S/C14H13Cl2N3O2/c1-8(6-17)7-19-12(20)14(2,18-13(19)21)9-3-4-10(15)11(16)5-9/h3-5,8H,7H2,1-2H3,(H,18,21). The summed E-state index contributed by atoms with van der Waals surface area (Å²) in [4.78, 5) is 25.6. The maximum Gasteiger partial charge on any atom is 0.325 e. The van der Waals surface area contributed by atoms with Crippen LogP contribution in [0.3, 0.4) is 0 Å². The first-order valence-electron chi connectivity index (χ1n) is 6.29. The number of imide groups is 1. The van der Waals surface area contributed by atoms with Crippen LogP contribution < -0.4 is 5.32 Å². The lowest BCUT2D eigenvalue weighted by Crippen LogP contribution is -2.41. The second kappa shape index (κ2) is 5.55. The lowest BCUT2D eigenvalue weighted by Gasteiger charge is -2.23. The SMILES string of the molecule is CC(C#N)CN1C(=O)NC(C)(c2ccc(Cl)c(Cl)c2)C1=O. The molecule has 1 aromatic rings. The average Bonchev–Trinajstić information content (AvgIpc) is 2.66. The Kier molecular flexibility index (Phi) is 4.13. The number of nitrogens with one attached hydrogen (secondary N) is 1. The van der Waals surface area contributed by atoms with Gasteiger partial charge in [-0.15, -0.1) is 0 Å². The van der Waals surface area contributed by atoms with E-state index in [4.69, 9.17) is 28.5 Å². The number of amides is 3. The van der Waals surface area contributed by atoms with Crippen molar-refractivity contribution in [3.63, 3.8) is 0 Å². The zero-order valence-electron chi connectivity index (χ0n) is 11.5. The van der Waals surface area contributed by atoms with E-state index in [1.165, 1.54) is 0 Å². The Bertz CT molecular complexity index is 656. The van der Waals surface area contributed by atoms with Crippen molar-refractivity contribution in [3.8, 4) is 6.07 Å². The number of hydrogen-bond donors (Lipinski definition) is 1. The quantitative estimate of drug-likeness (QED) is 0.868. The molecule has 1 aromatic carbocycles. The lowest BCUT2D eigenvalue weighted by atomic mass is 9.92. The number of halogens is 2. The summed E-state index contributed by atoms with van der Waals surface area (Å²) in [6, 6.07) is 6.26. The number of urea groups is 1. The van der Waals surface area contributed by atoms with Gasteiger partial charge in [0, 0.05) is 6.54 Å². The van der Waals surface area contributed by atoms with E-state index in [1.54, 1.807) is 32.0 Å². The van der Waals surface area contributed by atoms with E-state index < -0.39 is 23.4 Å². The summed E-state index contributed by atoms with van der Waals surface area (Å²) in [7, 11) is 0. The summed E-state index contributed by atoms with van der Waals surface area (Å²) in [6.45, 7) is 3.30. The Balaban J connectivity index is 2.36. The molecular weight excluding hydrogens is 313 g/mol. The van der Waals surface area contributed by atoms with Crippen molar-refractivity contribution >= 4 is 35.1 Å². The fourth-order valence-electron chi connectivity index (χ4n) is 2.18. The van der Waals surface area contributed by atoms with Gasteiger partial charge in [0.1, 0.15) is 5.54 Å². The first-order chi connectivity index (χ1) is 9.79. The predicted molar refractivity (Wildman–Crippen MR) is 78.8 cm³/mol. The van der Waals surface area contributed by atoms with Crippen molar-refractivity contribution in [2.45, 2.75) is 19.4 Å². The van der Waals surface area contributed by atoms with E-state index in [-0.39, 0.29) is 6.54 Å². The molecule has 1 N–H and O–H groups in total. The number of carbonyl (C=O) groups excluding carboxylic acids is 2. The number of hydrogen-bond acceptors (Lipinski definition) is 3. The molecule has 21 heavy (non-hydrogen) atoms. The minimum absolute atomic E-state index is 0.0536. The number of carbonyl (C=O) groups is 2. The van der Waals surface area contributed by atoms with Crippen molar-refractivity contribution in [1.29, 1.82) is 5.26 Å². The third kappa shape index (κ3) is 2.69. The van der Waals surface area contributed by atoms with Crippen molar-refractivity contribution in [2.75, 3.05) is 6.54 Å². The average molecular weight is 326 g/mol. The summed E-state index contributed by atoms with van der Waals surface area (Å²) in [5, 5.41) is 12.2. The molecule has 0 bridgehead atoms. The minimum Gasteiger partial charge on any atom is -0.319 e. The van der Waals surface area contributed by atoms with E-state index in [0.29, 0.717) is 15.6 Å². The van der Waals surface area contributed by atoms with Gasteiger partial charge in [0.2, 0.25) is 0 Å². The van der Waals surface area contributed by atoms with E-state index in [1.807, 2.05) is 6.07 Å². The molecule has 0 saturated carbocycles. The molecule has 0 aliphatic carbocycles. The highest BCUT2D eigenvalue weighted by Gasteiger charge is 2.49. The van der Waals surface area contributed by atoms with Gasteiger partial charge in [-0.1, -0.05) is 29.3 Å². The molecule has 5 nitrogen and oxygen atoms in total. The van der Waals surface area contributed by atoms with Crippen molar-refractivity contribution < 1.29 is 9.59 Å². The molecule has 2 atom stereocenters. The van der Waals surface area contributed by atoms with Crippen LogP contribution >= 0.6 is 23.2 Å². The summed E-state index contributed by atoms with van der Waals surface area (Å²) < 4.78 is 0. The summed E-state index contributed by atoms with van der Waals surface area (Å²) in [5.74, 6) is -0.844. The molecule has 0 aromatic heterocycles. The zero-order valence-corrected chi connectivity index (χ0v) is 13.0. The van der Waals surface area contributed by atoms with E-state index in [0.717, 1.165) is 4.90 Å². The largest absolute Gasteiger partial charge is 0.325 e. The highest BCUT2D eigenvalue weighted by Crippen LogP contribution is 2.33. The number of nitrogens with zero attached hydrogens (tertiary/aromatic N) is 2. The molecule has 1 heterocycles. The first kappa shape index (κ1) is 15.6. The Morgan fingerprint density at radius 2 is 2.05 bits per heavy atom. The van der Waals surface area contributed by atoms with Gasteiger partial charge in [-0.3, -0.25) is 9.69 Å². The normalized spacial score (nSPS) is 22.9. The van der Waals surface area contributed by atoms with Crippen LogP contribution in [-0.4, -0.2) is 23.4 Å². The summed E-state index contributed by atoms with van der Waals surface area (Å²) >= 11 is 11.8. The molecule has 1 fully saturated rings. The Morgan fingerprint density at radius 1 is 1.38 bits per heavy atom. The van der Waals surface area contributed by atoms with Gasteiger partial charge in [-0.05, 0) is 31.5 Å². The highest BCUT2D eigenvalue weighted by atomic mass is 35.5. The molecule has 2 rings (SSSR count). The first-order valence-corrected chi connectivity index (χ1v) is 7.04. The molecule has 2 unspecified atom stereocenters. The maximum atomic E-state index is 12.5. The van der Waals surface area contributed by atoms with E-state index in [9.17, 15) is 9.59 Å². The van der Waals surface area contributed by atoms with Gasteiger partial charge < -0.3 is 5.32 Å². The third-order valence-electron chi connectivity index (χ3n) is 3.45. The molecule has 7 heteroatoms. The van der Waals surface area contributed by atoms with Gasteiger partial charge in [0.05, 0.1) is 22.0 Å². The number of benzene rings is 1. The molecule has 1 saturated heterocycles. The number of nitriles is 1. The van der Waals surface area contributed by atoms with Crippen molar-refractivity contribution in [2.24, 2.45) is 5.92 Å². The molecule has 1 aliphatic rings. The summed E-state index contributed by atoms with van der Waals surface area (Å²) in [6.07, 6.45) is 0. The molecule has 3 amide bonds. The fourth-order valence-corrected chi connectivity index (χ4v) is 2.48. The van der Waals surface area contributed by atoms with Gasteiger partial charge in [-0.2, -0.15) is 5.26 Å². The zero-order chi connectivity index (χ0) is 15.8. The van der Waals surface area contributed by atoms with Crippen molar-refractivity contribution in [3.05, 3.63) is 33.8 Å². The smallest absolute Gasteiger partial charge is 0.319 e. The number of rotatable bonds is 3.